The highest BCUT2D eigenvalue weighted by Crippen LogP contribution is 2.16. The lowest BCUT2D eigenvalue weighted by atomic mass is 10.1. The molecular formula is C22H27BrN2O2. The number of unbranched alkanes of at least 4 members (excludes halogenated alkanes) is 1. The Hall–Kier alpha value is -2.14. The zero-order valence-electron chi connectivity index (χ0n) is 16.0. The average molecular weight is 431 g/mol. The molecule has 2 rings (SSSR count). The molecule has 2 aromatic carbocycles. The van der Waals surface area contributed by atoms with Gasteiger partial charge < -0.3 is 10.2 Å². The van der Waals surface area contributed by atoms with Crippen molar-refractivity contribution < 1.29 is 9.59 Å². The first-order valence-corrected chi connectivity index (χ1v) is 10.2. The predicted octanol–water partition coefficient (Wildman–Crippen LogP) is 4.33. The Balaban J connectivity index is 2.16. The van der Waals surface area contributed by atoms with Gasteiger partial charge in [-0.3, -0.25) is 9.59 Å². The molecule has 1 unspecified atom stereocenters. The van der Waals surface area contributed by atoms with Gasteiger partial charge in [0.15, 0.2) is 0 Å². The van der Waals surface area contributed by atoms with Crippen LogP contribution in [0.25, 0.3) is 0 Å². The molecule has 0 aliphatic carbocycles. The first-order chi connectivity index (χ1) is 13.0. The van der Waals surface area contributed by atoms with E-state index in [2.05, 4.69) is 28.2 Å². The van der Waals surface area contributed by atoms with E-state index in [1.165, 1.54) is 0 Å². The summed E-state index contributed by atoms with van der Waals surface area (Å²) in [5.74, 6) is -0.167. The molecule has 0 bridgehead atoms. The molecule has 2 aromatic rings. The lowest BCUT2D eigenvalue weighted by Crippen LogP contribution is -2.48. The molecule has 0 heterocycles. The molecule has 1 N–H and O–H groups in total. The standard InChI is InChI=1S/C22H27BrN2O2/c1-3-4-13-24-22(27)17(2)25(16-19-11-8-12-20(23)14-19)21(26)15-18-9-6-5-7-10-18/h5-12,14,17H,3-4,13,15-16H2,1-2H3,(H,24,27). The summed E-state index contributed by atoms with van der Waals surface area (Å²) < 4.78 is 0.954. The zero-order chi connectivity index (χ0) is 19.6. The molecule has 27 heavy (non-hydrogen) atoms. The Kier molecular flexibility index (Phi) is 8.52. The van der Waals surface area contributed by atoms with Crippen LogP contribution < -0.4 is 5.32 Å². The molecule has 0 fully saturated rings. The summed E-state index contributed by atoms with van der Waals surface area (Å²) in [4.78, 5) is 27.2. The van der Waals surface area contributed by atoms with Gasteiger partial charge in [0.25, 0.3) is 0 Å². The lowest BCUT2D eigenvalue weighted by Gasteiger charge is -2.29. The maximum atomic E-state index is 13.0. The average Bonchev–Trinajstić information content (AvgIpc) is 2.66. The van der Waals surface area contributed by atoms with Gasteiger partial charge in [0.05, 0.1) is 6.42 Å². The van der Waals surface area contributed by atoms with Crippen molar-refractivity contribution in [2.75, 3.05) is 6.54 Å². The summed E-state index contributed by atoms with van der Waals surface area (Å²) in [6.07, 6.45) is 2.23. The Morgan fingerprint density at radius 2 is 1.78 bits per heavy atom. The van der Waals surface area contributed by atoms with E-state index in [9.17, 15) is 9.59 Å². The number of nitrogens with one attached hydrogen (secondary N) is 1. The second-order valence-corrected chi connectivity index (χ2v) is 7.55. The number of amides is 2. The normalized spacial score (nSPS) is 11.7. The number of rotatable bonds is 9. The summed E-state index contributed by atoms with van der Waals surface area (Å²) in [5.41, 5.74) is 1.93. The van der Waals surface area contributed by atoms with Gasteiger partial charge in [-0.05, 0) is 36.6 Å². The minimum absolute atomic E-state index is 0.0562. The van der Waals surface area contributed by atoms with Crippen molar-refractivity contribution in [2.24, 2.45) is 0 Å². The van der Waals surface area contributed by atoms with E-state index in [1.54, 1.807) is 11.8 Å². The number of carbonyl (C=O) groups is 2. The highest BCUT2D eigenvalue weighted by Gasteiger charge is 2.26. The fraction of sp³-hybridized carbons (Fsp3) is 0.364. The molecule has 144 valence electrons. The Labute approximate surface area is 170 Å². The van der Waals surface area contributed by atoms with Crippen LogP contribution >= 0.6 is 15.9 Å². The number of carbonyl (C=O) groups excluding carboxylic acids is 2. The van der Waals surface area contributed by atoms with E-state index < -0.39 is 6.04 Å². The second kappa shape index (κ2) is 10.9. The number of hydrogen-bond donors (Lipinski definition) is 1. The first-order valence-electron chi connectivity index (χ1n) is 9.36. The molecule has 2 amide bonds. The van der Waals surface area contributed by atoms with Gasteiger partial charge in [-0.2, -0.15) is 0 Å². The summed E-state index contributed by atoms with van der Waals surface area (Å²) in [6, 6.07) is 16.9. The van der Waals surface area contributed by atoms with E-state index >= 15 is 0 Å². The van der Waals surface area contributed by atoms with Gasteiger partial charge in [0.2, 0.25) is 11.8 Å². The SMILES string of the molecule is CCCCNC(=O)C(C)N(Cc1cccc(Br)c1)C(=O)Cc1ccccc1. The van der Waals surface area contributed by atoms with E-state index in [0.717, 1.165) is 28.4 Å². The third kappa shape index (κ3) is 6.83. The van der Waals surface area contributed by atoms with Crippen molar-refractivity contribution in [2.45, 2.75) is 45.7 Å². The van der Waals surface area contributed by atoms with E-state index in [-0.39, 0.29) is 18.2 Å². The highest BCUT2D eigenvalue weighted by molar-refractivity contribution is 9.10. The number of nitrogens with zero attached hydrogens (tertiary/aromatic N) is 1. The summed E-state index contributed by atoms with van der Waals surface area (Å²) >= 11 is 3.47. The second-order valence-electron chi connectivity index (χ2n) is 6.63. The number of hydrogen-bond acceptors (Lipinski definition) is 2. The third-order valence-electron chi connectivity index (χ3n) is 4.44. The molecule has 5 heteroatoms. The van der Waals surface area contributed by atoms with Crippen molar-refractivity contribution in [1.29, 1.82) is 0 Å². The van der Waals surface area contributed by atoms with Crippen LogP contribution in [-0.4, -0.2) is 29.3 Å². The maximum absolute atomic E-state index is 13.0. The Morgan fingerprint density at radius 1 is 1.07 bits per heavy atom. The largest absolute Gasteiger partial charge is 0.354 e. The van der Waals surface area contributed by atoms with Crippen molar-refractivity contribution in [3.63, 3.8) is 0 Å². The van der Waals surface area contributed by atoms with Gasteiger partial charge in [-0.15, -0.1) is 0 Å². The van der Waals surface area contributed by atoms with E-state index in [0.29, 0.717) is 13.1 Å². The molecule has 0 radical (unpaired) electrons. The van der Waals surface area contributed by atoms with Crippen LogP contribution in [0.4, 0.5) is 0 Å². The Bertz CT molecular complexity index is 749. The molecule has 0 saturated carbocycles. The number of benzene rings is 2. The summed E-state index contributed by atoms with van der Waals surface area (Å²) in [6.45, 7) is 4.91. The van der Waals surface area contributed by atoms with Crippen molar-refractivity contribution in [3.8, 4) is 0 Å². The first kappa shape index (κ1) is 21.2. The van der Waals surface area contributed by atoms with Crippen LogP contribution in [0.3, 0.4) is 0 Å². The van der Waals surface area contributed by atoms with Crippen LogP contribution in [-0.2, 0) is 22.6 Å². The molecule has 0 aliphatic rings. The highest BCUT2D eigenvalue weighted by atomic mass is 79.9. The number of halogens is 1. The molecule has 4 nitrogen and oxygen atoms in total. The monoisotopic (exact) mass is 430 g/mol. The van der Waals surface area contributed by atoms with Crippen LogP contribution in [0, 0.1) is 0 Å². The summed E-state index contributed by atoms with van der Waals surface area (Å²) in [7, 11) is 0. The van der Waals surface area contributed by atoms with E-state index in [4.69, 9.17) is 0 Å². The smallest absolute Gasteiger partial charge is 0.242 e. The molecule has 0 spiro atoms. The minimum Gasteiger partial charge on any atom is -0.354 e. The zero-order valence-corrected chi connectivity index (χ0v) is 17.5. The van der Waals surface area contributed by atoms with Crippen molar-refractivity contribution >= 4 is 27.7 Å². The van der Waals surface area contributed by atoms with E-state index in [1.807, 2.05) is 54.6 Å². The molecule has 1 atom stereocenters. The summed E-state index contributed by atoms with van der Waals surface area (Å²) in [5, 5.41) is 2.94. The maximum Gasteiger partial charge on any atom is 0.242 e. The fourth-order valence-electron chi connectivity index (χ4n) is 2.82. The third-order valence-corrected chi connectivity index (χ3v) is 4.93. The molecular weight excluding hydrogens is 404 g/mol. The van der Waals surface area contributed by atoms with Crippen molar-refractivity contribution in [3.05, 3.63) is 70.2 Å². The molecule has 0 aliphatic heterocycles. The fourth-order valence-corrected chi connectivity index (χ4v) is 3.27. The van der Waals surface area contributed by atoms with Gasteiger partial charge in [0.1, 0.15) is 6.04 Å². The van der Waals surface area contributed by atoms with Gasteiger partial charge in [-0.25, -0.2) is 0 Å². The van der Waals surface area contributed by atoms with Crippen LogP contribution in [0.5, 0.6) is 0 Å². The van der Waals surface area contributed by atoms with Crippen molar-refractivity contribution in [1.82, 2.24) is 10.2 Å². The quantitative estimate of drug-likeness (QED) is 0.601. The van der Waals surface area contributed by atoms with Crippen LogP contribution in [0.1, 0.15) is 37.8 Å². The molecule has 0 aromatic heterocycles. The van der Waals surface area contributed by atoms with Crippen LogP contribution in [0.15, 0.2) is 59.1 Å². The topological polar surface area (TPSA) is 49.4 Å². The predicted molar refractivity (Wildman–Crippen MR) is 112 cm³/mol. The molecule has 0 saturated heterocycles. The Morgan fingerprint density at radius 3 is 2.44 bits per heavy atom. The minimum atomic E-state index is -0.531. The lowest BCUT2D eigenvalue weighted by molar-refractivity contribution is -0.140. The van der Waals surface area contributed by atoms with Gasteiger partial charge >= 0.3 is 0 Å². The van der Waals surface area contributed by atoms with Gasteiger partial charge in [-0.1, -0.05) is 71.7 Å². The van der Waals surface area contributed by atoms with Gasteiger partial charge in [0, 0.05) is 17.6 Å². The van der Waals surface area contributed by atoms with Crippen LogP contribution in [0.2, 0.25) is 0 Å².